The van der Waals surface area contributed by atoms with Crippen LogP contribution in [-0.4, -0.2) is 21.2 Å². The Labute approximate surface area is 176 Å². The standard InChI is InChI=1S/C21H15Cl2N3OS/c22-14-10-11-17(16(23)12-14)24-20(27)13-28-21-25-18-8-4-5-9-19(18)26(21)15-6-2-1-3-7-15/h1-12H,13H2,(H,24,27). The second-order valence-electron chi connectivity index (χ2n) is 6.02. The summed E-state index contributed by atoms with van der Waals surface area (Å²) < 4.78 is 2.06. The van der Waals surface area contributed by atoms with Gasteiger partial charge in [0.15, 0.2) is 5.16 Å². The highest BCUT2D eigenvalue weighted by molar-refractivity contribution is 7.99. The van der Waals surface area contributed by atoms with Crippen LogP contribution in [0.1, 0.15) is 0 Å². The van der Waals surface area contributed by atoms with Crippen LogP contribution in [0.25, 0.3) is 16.7 Å². The summed E-state index contributed by atoms with van der Waals surface area (Å²) in [6.45, 7) is 0. The van der Waals surface area contributed by atoms with E-state index in [2.05, 4.69) is 9.88 Å². The van der Waals surface area contributed by atoms with E-state index in [0.29, 0.717) is 15.7 Å². The van der Waals surface area contributed by atoms with Crippen LogP contribution in [0.4, 0.5) is 5.69 Å². The molecular weight excluding hydrogens is 413 g/mol. The number of anilines is 1. The molecule has 0 aliphatic heterocycles. The molecule has 0 aliphatic rings. The highest BCUT2D eigenvalue weighted by atomic mass is 35.5. The summed E-state index contributed by atoms with van der Waals surface area (Å²) in [5.74, 6) is 0.0376. The molecule has 0 atom stereocenters. The summed E-state index contributed by atoms with van der Waals surface area (Å²) in [5, 5.41) is 4.49. The second-order valence-corrected chi connectivity index (χ2v) is 7.80. The third kappa shape index (κ3) is 4.02. The zero-order valence-corrected chi connectivity index (χ0v) is 16.9. The van der Waals surface area contributed by atoms with Crippen LogP contribution in [0.5, 0.6) is 0 Å². The van der Waals surface area contributed by atoms with Crippen molar-refractivity contribution in [3.05, 3.63) is 82.8 Å². The summed E-state index contributed by atoms with van der Waals surface area (Å²) in [5.41, 5.74) is 3.42. The lowest BCUT2D eigenvalue weighted by atomic mass is 10.3. The molecule has 0 fully saturated rings. The maximum atomic E-state index is 12.4. The maximum absolute atomic E-state index is 12.4. The molecule has 4 nitrogen and oxygen atoms in total. The number of halogens is 2. The zero-order chi connectivity index (χ0) is 19.5. The number of amides is 1. The molecule has 1 heterocycles. The molecule has 4 rings (SSSR count). The number of benzene rings is 3. The lowest BCUT2D eigenvalue weighted by Crippen LogP contribution is -2.14. The number of hydrogen-bond acceptors (Lipinski definition) is 3. The second kappa shape index (κ2) is 8.27. The van der Waals surface area contributed by atoms with E-state index >= 15 is 0 Å². The van der Waals surface area contributed by atoms with Gasteiger partial charge in [0.05, 0.1) is 27.5 Å². The lowest BCUT2D eigenvalue weighted by molar-refractivity contribution is -0.113. The molecular formula is C21H15Cl2N3OS. The van der Waals surface area contributed by atoms with Crippen LogP contribution in [0, 0.1) is 0 Å². The molecule has 3 aromatic carbocycles. The Morgan fingerprint density at radius 2 is 1.75 bits per heavy atom. The van der Waals surface area contributed by atoms with E-state index in [1.165, 1.54) is 11.8 Å². The third-order valence-electron chi connectivity index (χ3n) is 4.08. The van der Waals surface area contributed by atoms with Gasteiger partial charge in [0.1, 0.15) is 0 Å². The highest BCUT2D eigenvalue weighted by Gasteiger charge is 2.15. The molecule has 0 saturated heterocycles. The normalized spacial score (nSPS) is 10.9. The molecule has 7 heteroatoms. The smallest absolute Gasteiger partial charge is 0.234 e. The number of aromatic nitrogens is 2. The highest BCUT2D eigenvalue weighted by Crippen LogP contribution is 2.29. The Bertz CT molecular complexity index is 1150. The minimum absolute atomic E-state index is 0.166. The van der Waals surface area contributed by atoms with Gasteiger partial charge in [0.2, 0.25) is 5.91 Å². The number of para-hydroxylation sites is 3. The Balaban J connectivity index is 1.57. The number of thioether (sulfide) groups is 1. The van der Waals surface area contributed by atoms with E-state index in [-0.39, 0.29) is 11.7 Å². The van der Waals surface area contributed by atoms with Crippen molar-refractivity contribution in [2.75, 3.05) is 11.1 Å². The Kier molecular flexibility index (Phi) is 5.57. The van der Waals surface area contributed by atoms with Gasteiger partial charge >= 0.3 is 0 Å². The van der Waals surface area contributed by atoms with E-state index in [0.717, 1.165) is 21.9 Å². The van der Waals surface area contributed by atoms with Gasteiger partial charge in [-0.25, -0.2) is 4.98 Å². The SMILES string of the molecule is O=C(CSc1nc2ccccc2n1-c1ccccc1)Nc1ccc(Cl)cc1Cl. The molecule has 0 unspecified atom stereocenters. The van der Waals surface area contributed by atoms with Crippen molar-refractivity contribution in [1.82, 2.24) is 9.55 Å². The van der Waals surface area contributed by atoms with Crippen LogP contribution >= 0.6 is 35.0 Å². The first-order valence-electron chi connectivity index (χ1n) is 8.52. The molecule has 0 aliphatic carbocycles. The number of nitrogens with one attached hydrogen (secondary N) is 1. The van der Waals surface area contributed by atoms with Gasteiger partial charge in [-0.3, -0.25) is 9.36 Å². The fourth-order valence-electron chi connectivity index (χ4n) is 2.83. The maximum Gasteiger partial charge on any atom is 0.234 e. The molecule has 0 bridgehead atoms. The number of fused-ring (bicyclic) bond motifs is 1. The first-order valence-corrected chi connectivity index (χ1v) is 10.3. The van der Waals surface area contributed by atoms with E-state index in [1.807, 2.05) is 54.6 Å². The summed E-state index contributed by atoms with van der Waals surface area (Å²) in [7, 11) is 0. The van der Waals surface area contributed by atoms with Gasteiger partial charge in [0, 0.05) is 10.7 Å². The van der Waals surface area contributed by atoms with Crippen molar-refractivity contribution in [2.24, 2.45) is 0 Å². The van der Waals surface area contributed by atoms with Gasteiger partial charge in [0.25, 0.3) is 0 Å². The first kappa shape index (κ1) is 18.9. The number of hydrogen-bond donors (Lipinski definition) is 1. The minimum atomic E-state index is -0.166. The van der Waals surface area contributed by atoms with Crippen molar-refractivity contribution in [1.29, 1.82) is 0 Å². The molecule has 1 N–H and O–H groups in total. The Hall–Kier alpha value is -2.47. The van der Waals surface area contributed by atoms with Gasteiger partial charge in [-0.1, -0.05) is 65.3 Å². The van der Waals surface area contributed by atoms with Crippen LogP contribution in [-0.2, 0) is 4.79 Å². The number of nitrogens with zero attached hydrogens (tertiary/aromatic N) is 2. The fourth-order valence-corrected chi connectivity index (χ4v) is 4.12. The van der Waals surface area contributed by atoms with Crippen LogP contribution < -0.4 is 5.32 Å². The molecule has 28 heavy (non-hydrogen) atoms. The van der Waals surface area contributed by atoms with Crippen molar-refractivity contribution >= 4 is 57.6 Å². The predicted molar refractivity (Wildman–Crippen MR) is 117 cm³/mol. The summed E-state index contributed by atoms with van der Waals surface area (Å²) in [4.78, 5) is 17.1. The Morgan fingerprint density at radius 1 is 1.00 bits per heavy atom. The summed E-state index contributed by atoms with van der Waals surface area (Å²) in [6, 6.07) is 22.9. The topological polar surface area (TPSA) is 46.9 Å². The van der Waals surface area contributed by atoms with Crippen LogP contribution in [0.2, 0.25) is 10.0 Å². The monoisotopic (exact) mass is 427 g/mol. The van der Waals surface area contributed by atoms with Crippen molar-refractivity contribution in [3.8, 4) is 5.69 Å². The molecule has 1 amide bonds. The molecule has 0 radical (unpaired) electrons. The molecule has 0 spiro atoms. The van der Waals surface area contributed by atoms with Crippen LogP contribution in [0.3, 0.4) is 0 Å². The molecule has 1 aromatic heterocycles. The van der Waals surface area contributed by atoms with Crippen LogP contribution in [0.15, 0.2) is 78.0 Å². The number of carbonyl (C=O) groups excluding carboxylic acids is 1. The van der Waals surface area contributed by atoms with Gasteiger partial charge in [-0.15, -0.1) is 0 Å². The molecule has 4 aromatic rings. The van der Waals surface area contributed by atoms with Gasteiger partial charge in [-0.05, 0) is 42.5 Å². The van der Waals surface area contributed by atoms with Crippen molar-refractivity contribution in [2.45, 2.75) is 5.16 Å². The van der Waals surface area contributed by atoms with Crippen molar-refractivity contribution < 1.29 is 4.79 Å². The quantitative estimate of drug-likeness (QED) is 0.393. The number of carbonyl (C=O) groups is 1. The largest absolute Gasteiger partial charge is 0.324 e. The van der Waals surface area contributed by atoms with E-state index < -0.39 is 0 Å². The first-order chi connectivity index (χ1) is 13.6. The predicted octanol–water partition coefficient (Wildman–Crippen LogP) is 6.06. The molecule has 140 valence electrons. The van der Waals surface area contributed by atoms with Gasteiger partial charge in [-0.2, -0.15) is 0 Å². The average molecular weight is 428 g/mol. The summed E-state index contributed by atoms with van der Waals surface area (Å²) in [6.07, 6.45) is 0. The fraction of sp³-hybridized carbons (Fsp3) is 0.0476. The minimum Gasteiger partial charge on any atom is -0.324 e. The van der Waals surface area contributed by atoms with Gasteiger partial charge < -0.3 is 5.32 Å². The Morgan fingerprint density at radius 3 is 2.54 bits per heavy atom. The third-order valence-corrected chi connectivity index (χ3v) is 5.57. The van der Waals surface area contributed by atoms with Crippen molar-refractivity contribution in [3.63, 3.8) is 0 Å². The van der Waals surface area contributed by atoms with E-state index in [9.17, 15) is 4.79 Å². The average Bonchev–Trinajstić information content (AvgIpc) is 3.07. The number of imidazole rings is 1. The zero-order valence-electron chi connectivity index (χ0n) is 14.6. The van der Waals surface area contributed by atoms with E-state index in [1.54, 1.807) is 18.2 Å². The lowest BCUT2D eigenvalue weighted by Gasteiger charge is -2.10. The number of rotatable bonds is 5. The summed E-state index contributed by atoms with van der Waals surface area (Å²) >= 11 is 13.4. The molecule has 0 saturated carbocycles. The van der Waals surface area contributed by atoms with E-state index in [4.69, 9.17) is 28.2 Å².